The largest absolute Gasteiger partial charge is 0.356 e. The minimum Gasteiger partial charge on any atom is -0.356 e. The van der Waals surface area contributed by atoms with Crippen LogP contribution in [0.4, 0.5) is 11.8 Å². The van der Waals surface area contributed by atoms with Crippen LogP contribution in [0.3, 0.4) is 0 Å². The van der Waals surface area contributed by atoms with Gasteiger partial charge in [0.25, 0.3) is 0 Å². The highest BCUT2D eigenvalue weighted by Gasteiger charge is 2.30. The molecule has 3 aliphatic rings. The summed E-state index contributed by atoms with van der Waals surface area (Å²) >= 11 is 0. The van der Waals surface area contributed by atoms with E-state index >= 15 is 0 Å². The molecule has 5 heteroatoms. The third kappa shape index (κ3) is 3.82. The van der Waals surface area contributed by atoms with Gasteiger partial charge in [-0.05, 0) is 38.2 Å². The average molecular weight is 329 g/mol. The number of rotatable bonds is 4. The summed E-state index contributed by atoms with van der Waals surface area (Å²) in [4.78, 5) is 14.4. The molecule has 1 N–H and O–H groups in total. The van der Waals surface area contributed by atoms with Crippen LogP contribution in [-0.4, -0.2) is 53.1 Å². The first-order valence-corrected chi connectivity index (χ1v) is 9.97. The second-order valence-electron chi connectivity index (χ2n) is 7.70. The number of likely N-dealkylation sites (tertiary alicyclic amines) is 1. The van der Waals surface area contributed by atoms with Gasteiger partial charge in [-0.25, -0.2) is 4.98 Å². The van der Waals surface area contributed by atoms with E-state index in [2.05, 4.69) is 26.2 Å². The Balaban J connectivity index is 1.35. The van der Waals surface area contributed by atoms with E-state index in [1.165, 1.54) is 64.3 Å². The van der Waals surface area contributed by atoms with E-state index < -0.39 is 0 Å². The van der Waals surface area contributed by atoms with E-state index in [0.717, 1.165) is 37.4 Å². The van der Waals surface area contributed by atoms with Crippen LogP contribution >= 0.6 is 0 Å². The predicted octanol–water partition coefficient (Wildman–Crippen LogP) is 3.29. The van der Waals surface area contributed by atoms with Crippen molar-refractivity contribution in [1.82, 2.24) is 14.9 Å². The number of hydrogen-bond donors (Lipinski definition) is 1. The Hall–Kier alpha value is -1.36. The Kier molecular flexibility index (Phi) is 5.16. The van der Waals surface area contributed by atoms with Crippen molar-refractivity contribution < 1.29 is 0 Å². The molecule has 2 saturated heterocycles. The molecule has 0 spiro atoms. The minimum absolute atomic E-state index is 0.505. The molecule has 1 aromatic rings. The van der Waals surface area contributed by atoms with Gasteiger partial charge in [-0.15, -0.1) is 0 Å². The molecule has 1 saturated carbocycles. The number of anilines is 2. The standard InChI is InChI=1S/C19H31N5/c1-2-6-13-23(12-5-1)18-9-11-20-19(22-18)21-16-10-14-24(15-16)17-7-3-4-8-17/h9,11,16-17H,1-8,10,12-15H2,(H,20,21,22). The molecule has 1 atom stereocenters. The van der Waals surface area contributed by atoms with Crippen molar-refractivity contribution in [3.63, 3.8) is 0 Å². The third-order valence-corrected chi connectivity index (χ3v) is 5.96. The molecule has 132 valence electrons. The van der Waals surface area contributed by atoms with Crippen molar-refractivity contribution in [3.8, 4) is 0 Å². The van der Waals surface area contributed by atoms with Gasteiger partial charge >= 0.3 is 0 Å². The third-order valence-electron chi connectivity index (χ3n) is 5.96. The molecule has 1 aliphatic carbocycles. The summed E-state index contributed by atoms with van der Waals surface area (Å²) in [5.41, 5.74) is 0. The first-order chi connectivity index (χ1) is 11.9. The van der Waals surface area contributed by atoms with Crippen molar-refractivity contribution in [2.75, 3.05) is 36.4 Å². The molecule has 3 fully saturated rings. The molecular formula is C19H31N5. The lowest BCUT2D eigenvalue weighted by Crippen LogP contribution is -2.33. The van der Waals surface area contributed by atoms with Crippen molar-refractivity contribution >= 4 is 11.8 Å². The van der Waals surface area contributed by atoms with E-state index in [0.29, 0.717) is 6.04 Å². The average Bonchev–Trinajstić information content (AvgIpc) is 3.21. The normalized spacial score (nSPS) is 26.7. The fourth-order valence-electron chi connectivity index (χ4n) is 4.58. The number of nitrogens with zero attached hydrogens (tertiary/aromatic N) is 4. The Morgan fingerprint density at radius 1 is 0.917 bits per heavy atom. The van der Waals surface area contributed by atoms with Crippen LogP contribution < -0.4 is 10.2 Å². The summed E-state index contributed by atoms with van der Waals surface area (Å²) in [5.74, 6) is 1.91. The van der Waals surface area contributed by atoms with Gasteiger partial charge in [-0.2, -0.15) is 4.98 Å². The van der Waals surface area contributed by atoms with E-state index in [1.807, 2.05) is 6.20 Å². The SMILES string of the molecule is c1cc(N2CCCCCC2)nc(NC2CCN(C3CCCC3)C2)n1. The van der Waals surface area contributed by atoms with E-state index in [-0.39, 0.29) is 0 Å². The predicted molar refractivity (Wildman–Crippen MR) is 98.6 cm³/mol. The van der Waals surface area contributed by atoms with Crippen LogP contribution in [0.15, 0.2) is 12.3 Å². The first-order valence-electron chi connectivity index (χ1n) is 9.97. The highest BCUT2D eigenvalue weighted by Crippen LogP contribution is 2.27. The summed E-state index contributed by atoms with van der Waals surface area (Å²) in [5, 5.41) is 3.60. The zero-order chi connectivity index (χ0) is 16.2. The molecular weight excluding hydrogens is 298 g/mol. The van der Waals surface area contributed by atoms with Crippen molar-refractivity contribution in [1.29, 1.82) is 0 Å². The molecule has 0 radical (unpaired) electrons. The molecule has 1 aromatic heterocycles. The van der Waals surface area contributed by atoms with Gasteiger partial charge in [0.05, 0.1) is 0 Å². The van der Waals surface area contributed by atoms with E-state index in [9.17, 15) is 0 Å². The van der Waals surface area contributed by atoms with Gasteiger partial charge in [0, 0.05) is 44.5 Å². The molecule has 4 rings (SSSR count). The van der Waals surface area contributed by atoms with Crippen molar-refractivity contribution in [2.24, 2.45) is 0 Å². The van der Waals surface area contributed by atoms with Crippen molar-refractivity contribution in [3.05, 3.63) is 12.3 Å². The van der Waals surface area contributed by atoms with Crippen LogP contribution in [0, 0.1) is 0 Å². The Morgan fingerprint density at radius 2 is 1.71 bits per heavy atom. The summed E-state index contributed by atoms with van der Waals surface area (Å²) in [6.07, 6.45) is 14.0. The fraction of sp³-hybridized carbons (Fsp3) is 0.789. The second kappa shape index (κ2) is 7.68. The lowest BCUT2D eigenvalue weighted by molar-refractivity contribution is 0.245. The molecule has 5 nitrogen and oxygen atoms in total. The van der Waals surface area contributed by atoms with Gasteiger partial charge in [0.1, 0.15) is 5.82 Å². The molecule has 24 heavy (non-hydrogen) atoms. The van der Waals surface area contributed by atoms with Gasteiger partial charge < -0.3 is 10.2 Å². The minimum atomic E-state index is 0.505. The zero-order valence-corrected chi connectivity index (χ0v) is 14.8. The van der Waals surface area contributed by atoms with Gasteiger partial charge in [0.2, 0.25) is 5.95 Å². The summed E-state index contributed by atoms with van der Waals surface area (Å²) < 4.78 is 0. The first kappa shape index (κ1) is 16.1. The van der Waals surface area contributed by atoms with Gasteiger partial charge in [-0.1, -0.05) is 25.7 Å². The molecule has 0 bridgehead atoms. The quantitative estimate of drug-likeness (QED) is 0.918. The Bertz CT molecular complexity index is 520. The van der Waals surface area contributed by atoms with Crippen LogP contribution in [-0.2, 0) is 0 Å². The lowest BCUT2D eigenvalue weighted by Gasteiger charge is -2.24. The lowest BCUT2D eigenvalue weighted by atomic mass is 10.2. The van der Waals surface area contributed by atoms with Crippen LogP contribution in [0.1, 0.15) is 57.8 Å². The number of aromatic nitrogens is 2. The van der Waals surface area contributed by atoms with E-state index in [4.69, 9.17) is 4.98 Å². The maximum atomic E-state index is 4.81. The molecule has 0 aromatic carbocycles. The highest BCUT2D eigenvalue weighted by atomic mass is 15.3. The van der Waals surface area contributed by atoms with Crippen LogP contribution in [0.25, 0.3) is 0 Å². The van der Waals surface area contributed by atoms with Gasteiger partial charge in [-0.3, -0.25) is 4.90 Å². The van der Waals surface area contributed by atoms with Crippen molar-refractivity contribution in [2.45, 2.75) is 69.9 Å². The maximum absolute atomic E-state index is 4.81. The molecule has 1 unspecified atom stereocenters. The second-order valence-corrected chi connectivity index (χ2v) is 7.70. The Labute approximate surface area is 145 Å². The fourth-order valence-corrected chi connectivity index (χ4v) is 4.58. The summed E-state index contributed by atoms with van der Waals surface area (Å²) in [7, 11) is 0. The van der Waals surface area contributed by atoms with E-state index in [1.54, 1.807) is 0 Å². The zero-order valence-electron chi connectivity index (χ0n) is 14.8. The Morgan fingerprint density at radius 3 is 2.50 bits per heavy atom. The van der Waals surface area contributed by atoms with Crippen LogP contribution in [0.5, 0.6) is 0 Å². The molecule has 2 aliphatic heterocycles. The summed E-state index contributed by atoms with van der Waals surface area (Å²) in [6, 6.07) is 3.40. The number of hydrogen-bond acceptors (Lipinski definition) is 5. The molecule has 0 amide bonds. The highest BCUT2D eigenvalue weighted by molar-refractivity contribution is 5.43. The van der Waals surface area contributed by atoms with Gasteiger partial charge in [0.15, 0.2) is 0 Å². The van der Waals surface area contributed by atoms with Crippen LogP contribution in [0.2, 0.25) is 0 Å². The summed E-state index contributed by atoms with van der Waals surface area (Å²) in [6.45, 7) is 4.65. The molecule has 3 heterocycles. The number of nitrogens with one attached hydrogen (secondary N) is 1. The maximum Gasteiger partial charge on any atom is 0.224 e. The topological polar surface area (TPSA) is 44.3 Å². The smallest absolute Gasteiger partial charge is 0.224 e. The monoisotopic (exact) mass is 329 g/mol.